The lowest BCUT2D eigenvalue weighted by atomic mass is 10.1. The summed E-state index contributed by atoms with van der Waals surface area (Å²) in [5.41, 5.74) is 0.829. The molecule has 0 aromatic heterocycles. The molecule has 5 nitrogen and oxygen atoms in total. The lowest BCUT2D eigenvalue weighted by molar-refractivity contribution is 0.164. The second-order valence-electron chi connectivity index (χ2n) is 7.96. The minimum Gasteiger partial charge on any atom is -0.493 e. The lowest BCUT2D eigenvalue weighted by Crippen LogP contribution is -2.56. The average Bonchev–Trinajstić information content (AvgIpc) is 3.05. The predicted octanol–water partition coefficient (Wildman–Crippen LogP) is 4.55. The van der Waals surface area contributed by atoms with E-state index in [0.29, 0.717) is 12.0 Å². The number of ether oxygens (including phenoxy) is 1. The molecule has 1 aromatic rings. The summed E-state index contributed by atoms with van der Waals surface area (Å²) in [5.74, 6) is 1.49. The third-order valence-corrected chi connectivity index (χ3v) is 5.96. The number of hydroxylamine groups is 1. The van der Waals surface area contributed by atoms with Crippen LogP contribution in [0, 0.1) is 5.92 Å². The van der Waals surface area contributed by atoms with Crippen LogP contribution in [0.2, 0.25) is 0 Å². The van der Waals surface area contributed by atoms with Crippen molar-refractivity contribution in [3.8, 4) is 5.75 Å². The first-order chi connectivity index (χ1) is 13.6. The van der Waals surface area contributed by atoms with E-state index in [0.717, 1.165) is 43.7 Å². The van der Waals surface area contributed by atoms with Crippen LogP contribution in [0.5, 0.6) is 5.75 Å². The van der Waals surface area contributed by atoms with Gasteiger partial charge in [0.1, 0.15) is 5.75 Å². The molecule has 1 aromatic carbocycles. The minimum atomic E-state index is 0.183. The molecule has 2 aliphatic rings. The standard InChI is InChI=1S/C21H35N3O2.C2H6/c1-4-6-18(5-2)23-14-17(11-16(23)3)15-26-21-9-7-19(8-10-21)24(25)20-12-22-13-20;1-2/h7-10,16-18,20,22,25H,4-6,11-15H2,1-3H3;1-2H3. The molecule has 2 aliphatic heterocycles. The van der Waals surface area contributed by atoms with Crippen molar-refractivity contribution in [2.75, 3.05) is 31.3 Å². The Morgan fingerprint density at radius 1 is 1.21 bits per heavy atom. The molecule has 0 radical (unpaired) electrons. The van der Waals surface area contributed by atoms with Crippen molar-refractivity contribution < 1.29 is 9.94 Å². The molecule has 2 N–H and O–H groups in total. The fraction of sp³-hybridized carbons (Fsp3) is 0.739. The Morgan fingerprint density at radius 2 is 1.89 bits per heavy atom. The summed E-state index contributed by atoms with van der Waals surface area (Å²) in [6, 6.07) is 9.36. The molecular formula is C23H41N3O2. The third-order valence-electron chi connectivity index (χ3n) is 5.96. The van der Waals surface area contributed by atoms with Crippen LogP contribution in [0.15, 0.2) is 24.3 Å². The van der Waals surface area contributed by atoms with Crippen molar-refractivity contribution in [3.63, 3.8) is 0 Å². The Labute approximate surface area is 172 Å². The number of hydrogen-bond acceptors (Lipinski definition) is 5. The topological polar surface area (TPSA) is 48.0 Å². The molecule has 5 heteroatoms. The number of nitrogens with one attached hydrogen (secondary N) is 1. The van der Waals surface area contributed by atoms with Gasteiger partial charge >= 0.3 is 0 Å². The summed E-state index contributed by atoms with van der Waals surface area (Å²) in [4.78, 5) is 2.69. The van der Waals surface area contributed by atoms with Gasteiger partial charge in [0.15, 0.2) is 0 Å². The number of likely N-dealkylation sites (tertiary alicyclic amines) is 1. The molecule has 0 amide bonds. The number of rotatable bonds is 9. The van der Waals surface area contributed by atoms with Crippen molar-refractivity contribution in [2.24, 2.45) is 5.92 Å². The molecule has 160 valence electrons. The third kappa shape index (κ3) is 5.85. The fourth-order valence-electron chi connectivity index (χ4n) is 4.30. The van der Waals surface area contributed by atoms with E-state index in [2.05, 4.69) is 31.0 Å². The quantitative estimate of drug-likeness (QED) is 0.605. The number of anilines is 1. The lowest BCUT2D eigenvalue weighted by Gasteiger charge is -2.34. The van der Waals surface area contributed by atoms with Crippen LogP contribution < -0.4 is 15.1 Å². The number of hydrogen-bond donors (Lipinski definition) is 2. The molecule has 0 saturated carbocycles. The predicted molar refractivity (Wildman–Crippen MR) is 117 cm³/mol. The molecule has 2 saturated heterocycles. The first kappa shape index (κ1) is 23.0. The van der Waals surface area contributed by atoms with E-state index in [1.54, 1.807) is 0 Å². The number of nitrogens with zero attached hydrogens (tertiary/aromatic N) is 2. The van der Waals surface area contributed by atoms with Crippen LogP contribution in [0.25, 0.3) is 0 Å². The van der Waals surface area contributed by atoms with Gasteiger partial charge in [-0.05, 0) is 50.5 Å². The first-order valence-electron chi connectivity index (χ1n) is 11.3. The molecule has 3 atom stereocenters. The maximum Gasteiger partial charge on any atom is 0.119 e. The van der Waals surface area contributed by atoms with E-state index >= 15 is 0 Å². The maximum atomic E-state index is 10.2. The van der Waals surface area contributed by atoms with Crippen molar-refractivity contribution >= 4 is 5.69 Å². The van der Waals surface area contributed by atoms with Gasteiger partial charge in [0.25, 0.3) is 0 Å². The maximum absolute atomic E-state index is 10.2. The largest absolute Gasteiger partial charge is 0.493 e. The van der Waals surface area contributed by atoms with Gasteiger partial charge in [-0.15, -0.1) is 0 Å². The summed E-state index contributed by atoms with van der Waals surface area (Å²) in [6.45, 7) is 14.5. The summed E-state index contributed by atoms with van der Waals surface area (Å²) in [6.07, 6.45) is 5.01. The molecule has 2 heterocycles. The van der Waals surface area contributed by atoms with Gasteiger partial charge in [-0.2, -0.15) is 0 Å². The minimum absolute atomic E-state index is 0.183. The van der Waals surface area contributed by atoms with Crippen molar-refractivity contribution in [2.45, 2.75) is 78.4 Å². The highest BCUT2D eigenvalue weighted by Crippen LogP contribution is 2.29. The van der Waals surface area contributed by atoms with Gasteiger partial charge in [0.05, 0.1) is 18.3 Å². The molecule has 28 heavy (non-hydrogen) atoms. The van der Waals surface area contributed by atoms with E-state index < -0.39 is 0 Å². The number of benzene rings is 1. The second-order valence-corrected chi connectivity index (χ2v) is 7.96. The van der Waals surface area contributed by atoms with E-state index in [9.17, 15) is 5.21 Å². The molecular weight excluding hydrogens is 350 g/mol. The summed E-state index contributed by atoms with van der Waals surface area (Å²) in [7, 11) is 0. The van der Waals surface area contributed by atoms with Gasteiger partial charge < -0.3 is 10.1 Å². The molecule has 0 spiro atoms. The normalized spacial score (nSPS) is 23.5. The zero-order valence-electron chi connectivity index (χ0n) is 18.5. The zero-order valence-corrected chi connectivity index (χ0v) is 18.5. The van der Waals surface area contributed by atoms with Crippen LogP contribution in [-0.4, -0.2) is 54.5 Å². The van der Waals surface area contributed by atoms with E-state index in [1.165, 1.54) is 30.7 Å². The van der Waals surface area contributed by atoms with E-state index in [4.69, 9.17) is 4.74 Å². The van der Waals surface area contributed by atoms with Crippen LogP contribution in [0.1, 0.15) is 60.3 Å². The van der Waals surface area contributed by atoms with Crippen LogP contribution >= 0.6 is 0 Å². The van der Waals surface area contributed by atoms with Crippen molar-refractivity contribution in [1.29, 1.82) is 0 Å². The van der Waals surface area contributed by atoms with Crippen LogP contribution in [0.3, 0.4) is 0 Å². The Bertz CT molecular complexity index is 547. The molecule has 3 rings (SSSR count). The van der Waals surface area contributed by atoms with Gasteiger partial charge in [-0.1, -0.05) is 34.1 Å². The molecule has 0 aliphatic carbocycles. The zero-order chi connectivity index (χ0) is 20.5. The Kier molecular flexibility index (Phi) is 9.56. The Balaban J connectivity index is 0.00000136. The summed E-state index contributed by atoms with van der Waals surface area (Å²) in [5, 5.41) is 14.7. The van der Waals surface area contributed by atoms with Gasteiger partial charge in [-0.3, -0.25) is 15.2 Å². The Hall–Kier alpha value is -1.30. The Morgan fingerprint density at radius 3 is 2.43 bits per heavy atom. The smallest absolute Gasteiger partial charge is 0.119 e. The second kappa shape index (κ2) is 11.6. The van der Waals surface area contributed by atoms with Crippen LogP contribution in [0.4, 0.5) is 5.69 Å². The monoisotopic (exact) mass is 391 g/mol. The first-order valence-corrected chi connectivity index (χ1v) is 11.3. The van der Waals surface area contributed by atoms with Crippen molar-refractivity contribution in [1.82, 2.24) is 10.2 Å². The molecule has 0 bridgehead atoms. The summed E-state index contributed by atoms with van der Waals surface area (Å²) < 4.78 is 6.06. The SMILES string of the molecule is CC.CCCC(CC)N1CC(COc2ccc(N(O)C3CNC3)cc2)CC1C. The summed E-state index contributed by atoms with van der Waals surface area (Å²) >= 11 is 0. The van der Waals surface area contributed by atoms with Crippen LogP contribution in [-0.2, 0) is 0 Å². The fourth-order valence-corrected chi connectivity index (χ4v) is 4.30. The van der Waals surface area contributed by atoms with Gasteiger partial charge in [0.2, 0.25) is 0 Å². The van der Waals surface area contributed by atoms with E-state index in [-0.39, 0.29) is 6.04 Å². The van der Waals surface area contributed by atoms with E-state index in [1.807, 2.05) is 38.1 Å². The highest BCUT2D eigenvalue weighted by Gasteiger charge is 2.33. The highest BCUT2D eigenvalue weighted by atomic mass is 16.5. The molecule has 3 unspecified atom stereocenters. The highest BCUT2D eigenvalue weighted by molar-refractivity contribution is 5.48. The van der Waals surface area contributed by atoms with Gasteiger partial charge in [-0.25, -0.2) is 0 Å². The molecule has 2 fully saturated rings. The van der Waals surface area contributed by atoms with Gasteiger partial charge in [0, 0.05) is 37.6 Å². The van der Waals surface area contributed by atoms with Crippen molar-refractivity contribution in [3.05, 3.63) is 24.3 Å². The average molecular weight is 392 g/mol.